The van der Waals surface area contributed by atoms with Crippen LogP contribution in [0.5, 0.6) is 0 Å². The second kappa shape index (κ2) is 8.48. The number of Topliss-reactive ketones (excluding diaryl/α,β-unsaturated/α-hetero) is 1. The Morgan fingerprint density at radius 2 is 2.00 bits per heavy atom. The number of benzene rings is 1. The van der Waals surface area contributed by atoms with Crippen LogP contribution in [0.15, 0.2) is 30.3 Å². The second-order valence-electron chi connectivity index (χ2n) is 4.03. The van der Waals surface area contributed by atoms with Crippen LogP contribution in [0.1, 0.15) is 30.1 Å². The Kier molecular flexibility index (Phi) is 6.89. The number of nitrogens with one attached hydrogen (secondary N) is 1. The molecule has 0 fully saturated rings. The van der Waals surface area contributed by atoms with Crippen LogP contribution in [0.25, 0.3) is 0 Å². The Balaban J connectivity index is 2.48. The van der Waals surface area contributed by atoms with Crippen LogP contribution < -0.4 is 5.32 Å². The zero-order valence-electron chi connectivity index (χ0n) is 10.8. The molecule has 4 nitrogen and oxygen atoms in total. The van der Waals surface area contributed by atoms with Gasteiger partial charge in [0.25, 0.3) is 0 Å². The second-order valence-corrected chi connectivity index (χ2v) is 4.98. The maximum atomic E-state index is 11.9. The van der Waals surface area contributed by atoms with E-state index < -0.39 is 6.04 Å². The molecule has 1 aromatic rings. The van der Waals surface area contributed by atoms with Gasteiger partial charge in [-0.05, 0) is 6.42 Å². The quantitative estimate of drug-likeness (QED) is 0.740. The SMILES string of the molecule is CCCC(NC=O)C(=O)CSC(=O)c1ccccc1. The highest BCUT2D eigenvalue weighted by Crippen LogP contribution is 2.13. The number of rotatable bonds is 8. The molecular formula is C14H17NO3S. The van der Waals surface area contributed by atoms with Crippen LogP contribution in [0.3, 0.4) is 0 Å². The third kappa shape index (κ3) is 5.26. The van der Waals surface area contributed by atoms with E-state index in [0.717, 1.165) is 18.2 Å². The molecule has 1 unspecified atom stereocenters. The van der Waals surface area contributed by atoms with Gasteiger partial charge in [0, 0.05) is 5.56 Å². The highest BCUT2D eigenvalue weighted by atomic mass is 32.2. The van der Waals surface area contributed by atoms with Gasteiger partial charge in [-0.3, -0.25) is 14.4 Å². The van der Waals surface area contributed by atoms with Crippen molar-refractivity contribution >= 4 is 29.1 Å². The molecule has 1 N–H and O–H groups in total. The lowest BCUT2D eigenvalue weighted by Gasteiger charge is -2.13. The molecule has 0 heterocycles. The number of carbonyl (C=O) groups excluding carboxylic acids is 3. The minimum atomic E-state index is -0.487. The van der Waals surface area contributed by atoms with Crippen molar-refractivity contribution in [3.63, 3.8) is 0 Å². The fourth-order valence-electron chi connectivity index (χ4n) is 1.60. The van der Waals surface area contributed by atoms with Gasteiger partial charge in [-0.1, -0.05) is 55.4 Å². The van der Waals surface area contributed by atoms with Gasteiger partial charge in [0.05, 0.1) is 11.8 Å². The average Bonchev–Trinajstić information content (AvgIpc) is 2.45. The van der Waals surface area contributed by atoms with E-state index in [1.165, 1.54) is 0 Å². The first-order valence-corrected chi connectivity index (χ1v) is 7.12. The average molecular weight is 279 g/mol. The van der Waals surface area contributed by atoms with E-state index in [1.807, 2.05) is 13.0 Å². The molecular weight excluding hydrogens is 262 g/mol. The molecule has 0 aliphatic rings. The molecule has 5 heteroatoms. The van der Waals surface area contributed by atoms with Crippen molar-refractivity contribution in [3.05, 3.63) is 35.9 Å². The Hall–Kier alpha value is -1.62. The van der Waals surface area contributed by atoms with Gasteiger partial charge in [0.15, 0.2) is 5.78 Å². The molecule has 0 saturated heterocycles. The predicted octanol–water partition coefficient (Wildman–Crippen LogP) is 2.04. The minimum Gasteiger partial charge on any atom is -0.349 e. The first-order valence-electron chi connectivity index (χ1n) is 6.13. The number of carbonyl (C=O) groups is 3. The maximum absolute atomic E-state index is 11.9. The summed E-state index contributed by atoms with van der Waals surface area (Å²) in [5.74, 6) is -0.0394. The summed E-state index contributed by atoms with van der Waals surface area (Å²) in [5, 5.41) is 2.36. The minimum absolute atomic E-state index is 0.0826. The first-order chi connectivity index (χ1) is 9.19. The highest BCUT2D eigenvalue weighted by molar-refractivity contribution is 8.14. The van der Waals surface area contributed by atoms with E-state index in [1.54, 1.807) is 24.3 Å². The van der Waals surface area contributed by atoms with E-state index in [0.29, 0.717) is 18.4 Å². The lowest BCUT2D eigenvalue weighted by Crippen LogP contribution is -2.37. The van der Waals surface area contributed by atoms with Crippen LogP contribution >= 0.6 is 11.8 Å². The fraction of sp³-hybridized carbons (Fsp3) is 0.357. The number of hydrogen-bond donors (Lipinski definition) is 1. The molecule has 1 rings (SSSR count). The number of thioether (sulfide) groups is 1. The van der Waals surface area contributed by atoms with E-state index in [9.17, 15) is 14.4 Å². The first kappa shape index (κ1) is 15.4. The fourth-order valence-corrected chi connectivity index (χ4v) is 2.38. The summed E-state index contributed by atoms with van der Waals surface area (Å²) in [6.45, 7) is 1.94. The van der Waals surface area contributed by atoms with Gasteiger partial charge in [-0.15, -0.1) is 0 Å². The molecule has 0 spiro atoms. The largest absolute Gasteiger partial charge is 0.349 e. The van der Waals surface area contributed by atoms with E-state index >= 15 is 0 Å². The third-order valence-electron chi connectivity index (χ3n) is 2.59. The summed E-state index contributed by atoms with van der Waals surface area (Å²) >= 11 is 0.973. The molecule has 19 heavy (non-hydrogen) atoms. The summed E-state index contributed by atoms with van der Waals surface area (Å²) in [6, 6.07) is 8.34. The smallest absolute Gasteiger partial charge is 0.219 e. The molecule has 1 amide bonds. The molecule has 0 saturated carbocycles. The number of amides is 1. The summed E-state index contributed by atoms with van der Waals surface area (Å²) in [6.07, 6.45) is 1.92. The van der Waals surface area contributed by atoms with Gasteiger partial charge in [0.2, 0.25) is 11.5 Å². The van der Waals surface area contributed by atoms with Gasteiger partial charge in [0.1, 0.15) is 0 Å². The van der Waals surface area contributed by atoms with Crippen molar-refractivity contribution in [2.24, 2.45) is 0 Å². The lowest BCUT2D eigenvalue weighted by atomic mass is 10.1. The van der Waals surface area contributed by atoms with Gasteiger partial charge in [-0.25, -0.2) is 0 Å². The molecule has 1 atom stereocenters. The normalized spacial score (nSPS) is 11.6. The highest BCUT2D eigenvalue weighted by Gasteiger charge is 2.18. The zero-order chi connectivity index (χ0) is 14.1. The number of ketones is 1. The molecule has 1 aromatic carbocycles. The third-order valence-corrected chi connectivity index (χ3v) is 3.52. The molecule has 0 radical (unpaired) electrons. The van der Waals surface area contributed by atoms with Crippen LogP contribution in [0.4, 0.5) is 0 Å². The maximum Gasteiger partial charge on any atom is 0.219 e. The lowest BCUT2D eigenvalue weighted by molar-refractivity contribution is -0.121. The monoisotopic (exact) mass is 279 g/mol. The summed E-state index contributed by atoms with van der Waals surface area (Å²) in [4.78, 5) is 34.1. The van der Waals surface area contributed by atoms with E-state index in [2.05, 4.69) is 5.32 Å². The van der Waals surface area contributed by atoms with Crippen LogP contribution in [0.2, 0.25) is 0 Å². The van der Waals surface area contributed by atoms with Gasteiger partial charge < -0.3 is 5.32 Å². The van der Waals surface area contributed by atoms with Crippen molar-refractivity contribution in [1.82, 2.24) is 5.32 Å². The summed E-state index contributed by atoms with van der Waals surface area (Å²) < 4.78 is 0. The molecule has 0 bridgehead atoms. The van der Waals surface area contributed by atoms with Crippen LogP contribution in [-0.4, -0.2) is 29.1 Å². The standard InChI is InChI=1S/C14H17NO3S/c1-2-6-12(15-10-16)13(17)9-19-14(18)11-7-4-3-5-8-11/h3-5,7-8,10,12H,2,6,9H2,1H3,(H,15,16). The number of hydrogen-bond acceptors (Lipinski definition) is 4. The van der Waals surface area contributed by atoms with E-state index in [-0.39, 0.29) is 16.7 Å². The zero-order valence-corrected chi connectivity index (χ0v) is 11.6. The van der Waals surface area contributed by atoms with Crippen molar-refractivity contribution in [1.29, 1.82) is 0 Å². The van der Waals surface area contributed by atoms with Crippen molar-refractivity contribution in [2.45, 2.75) is 25.8 Å². The van der Waals surface area contributed by atoms with Crippen LogP contribution in [0, 0.1) is 0 Å². The Labute approximate surface area is 117 Å². The molecule has 0 aromatic heterocycles. The van der Waals surface area contributed by atoms with Gasteiger partial charge in [-0.2, -0.15) is 0 Å². The topological polar surface area (TPSA) is 63.2 Å². The Bertz CT molecular complexity index is 434. The molecule has 0 aliphatic carbocycles. The van der Waals surface area contributed by atoms with Crippen LogP contribution in [-0.2, 0) is 9.59 Å². The molecule has 102 valence electrons. The molecule has 0 aliphatic heterocycles. The van der Waals surface area contributed by atoms with Crippen molar-refractivity contribution in [2.75, 3.05) is 5.75 Å². The van der Waals surface area contributed by atoms with E-state index in [4.69, 9.17) is 0 Å². The Morgan fingerprint density at radius 1 is 1.32 bits per heavy atom. The predicted molar refractivity (Wildman–Crippen MR) is 76.1 cm³/mol. The summed E-state index contributed by atoms with van der Waals surface area (Å²) in [5.41, 5.74) is 0.579. The van der Waals surface area contributed by atoms with Crippen molar-refractivity contribution in [3.8, 4) is 0 Å². The Morgan fingerprint density at radius 3 is 2.58 bits per heavy atom. The van der Waals surface area contributed by atoms with Gasteiger partial charge >= 0.3 is 0 Å². The van der Waals surface area contributed by atoms with Crippen molar-refractivity contribution < 1.29 is 14.4 Å². The summed E-state index contributed by atoms with van der Waals surface area (Å²) in [7, 11) is 0.